The van der Waals surface area contributed by atoms with Gasteiger partial charge in [-0.15, -0.1) is 0 Å². The number of urea groups is 1. The number of carbonyl (C=O) groups excluding carboxylic acids is 2. The van der Waals surface area contributed by atoms with Crippen molar-refractivity contribution in [1.29, 1.82) is 0 Å². The lowest BCUT2D eigenvalue weighted by molar-refractivity contribution is -0.143. The lowest BCUT2D eigenvalue weighted by Crippen LogP contribution is -2.53. The van der Waals surface area contributed by atoms with Crippen molar-refractivity contribution in [3.63, 3.8) is 0 Å². The largest absolute Gasteiger partial charge is 0.481 e. The average molecular weight is 398 g/mol. The number of piperidine rings is 1. The zero-order chi connectivity index (χ0) is 19.7. The van der Waals surface area contributed by atoms with Crippen LogP contribution < -0.4 is 10.2 Å². The van der Waals surface area contributed by atoms with Crippen molar-refractivity contribution in [1.82, 2.24) is 10.2 Å². The Morgan fingerprint density at radius 2 is 2.07 bits per heavy atom. The van der Waals surface area contributed by atoms with Gasteiger partial charge in [-0.1, -0.05) is 18.5 Å². The highest BCUT2D eigenvalue weighted by Gasteiger charge is 2.37. The van der Waals surface area contributed by atoms with E-state index in [1.54, 1.807) is 0 Å². The van der Waals surface area contributed by atoms with Crippen LogP contribution in [0.3, 0.4) is 0 Å². The highest BCUT2D eigenvalue weighted by Crippen LogP contribution is 2.27. The summed E-state index contributed by atoms with van der Waals surface area (Å²) >= 11 is 5.78. The standard InChI is InChI=1S/C18H21ClFN3O4/c1-10-6-11(17(25)26)9-22(8-10)18(27)21-15-4-5-23(16(15)24)12-2-3-14(20)13(19)7-12/h2-3,7,10-11,15H,4-6,8-9H2,1H3,(H,21,27)(H,25,26). The van der Waals surface area contributed by atoms with Gasteiger partial charge in [-0.05, 0) is 37.0 Å². The van der Waals surface area contributed by atoms with Gasteiger partial charge in [-0.2, -0.15) is 0 Å². The van der Waals surface area contributed by atoms with Crippen molar-refractivity contribution in [2.75, 3.05) is 24.5 Å². The first-order chi connectivity index (χ1) is 12.8. The van der Waals surface area contributed by atoms with Gasteiger partial charge in [0.05, 0.1) is 10.9 Å². The zero-order valence-electron chi connectivity index (χ0n) is 14.8. The van der Waals surface area contributed by atoms with Gasteiger partial charge in [0.25, 0.3) is 0 Å². The number of carbonyl (C=O) groups is 3. The van der Waals surface area contributed by atoms with Crippen LogP contribution in [0.15, 0.2) is 18.2 Å². The number of nitrogens with one attached hydrogen (secondary N) is 1. The number of amides is 3. The third-order valence-corrected chi connectivity index (χ3v) is 5.30. The second kappa shape index (κ2) is 7.72. The number of nitrogens with zero attached hydrogens (tertiary/aromatic N) is 2. The molecule has 0 saturated carbocycles. The van der Waals surface area contributed by atoms with Gasteiger partial charge in [0.2, 0.25) is 5.91 Å². The number of likely N-dealkylation sites (tertiary alicyclic amines) is 1. The summed E-state index contributed by atoms with van der Waals surface area (Å²) in [6.45, 7) is 2.85. The molecule has 0 spiro atoms. The van der Waals surface area contributed by atoms with Gasteiger partial charge in [-0.25, -0.2) is 9.18 Å². The molecule has 27 heavy (non-hydrogen) atoms. The summed E-state index contributed by atoms with van der Waals surface area (Å²) in [7, 11) is 0. The first kappa shape index (κ1) is 19.4. The maximum absolute atomic E-state index is 13.3. The van der Waals surface area contributed by atoms with E-state index in [1.165, 1.54) is 28.0 Å². The molecule has 3 atom stereocenters. The Hall–Kier alpha value is -2.35. The predicted molar refractivity (Wildman–Crippen MR) is 97.2 cm³/mol. The van der Waals surface area contributed by atoms with Crippen LogP contribution in [-0.4, -0.2) is 53.6 Å². The van der Waals surface area contributed by atoms with Crippen molar-refractivity contribution >= 4 is 35.2 Å². The van der Waals surface area contributed by atoms with E-state index in [1.807, 2.05) is 6.92 Å². The molecule has 1 aromatic carbocycles. The molecule has 3 amide bonds. The van der Waals surface area contributed by atoms with Crippen LogP contribution in [-0.2, 0) is 9.59 Å². The Morgan fingerprint density at radius 3 is 2.74 bits per heavy atom. The van der Waals surface area contributed by atoms with Gasteiger partial charge >= 0.3 is 12.0 Å². The monoisotopic (exact) mass is 397 g/mol. The molecule has 0 aliphatic carbocycles. The van der Waals surface area contributed by atoms with Crippen LogP contribution >= 0.6 is 11.6 Å². The van der Waals surface area contributed by atoms with Crippen LogP contribution in [0.1, 0.15) is 19.8 Å². The van der Waals surface area contributed by atoms with Gasteiger partial charge in [0.15, 0.2) is 0 Å². The van der Waals surface area contributed by atoms with E-state index in [0.717, 1.165) is 0 Å². The highest BCUT2D eigenvalue weighted by molar-refractivity contribution is 6.31. The van der Waals surface area contributed by atoms with E-state index in [0.29, 0.717) is 31.6 Å². The Bertz CT molecular complexity index is 775. The minimum Gasteiger partial charge on any atom is -0.481 e. The number of aliphatic carboxylic acids is 1. The van der Waals surface area contributed by atoms with E-state index in [2.05, 4.69) is 5.32 Å². The summed E-state index contributed by atoms with van der Waals surface area (Å²) in [6.07, 6.45) is 0.936. The van der Waals surface area contributed by atoms with E-state index in [4.69, 9.17) is 11.6 Å². The summed E-state index contributed by atoms with van der Waals surface area (Å²) < 4.78 is 13.3. The molecule has 7 nitrogen and oxygen atoms in total. The van der Waals surface area contributed by atoms with E-state index >= 15 is 0 Å². The molecule has 0 radical (unpaired) electrons. The Morgan fingerprint density at radius 1 is 1.33 bits per heavy atom. The molecule has 2 N–H and O–H groups in total. The highest BCUT2D eigenvalue weighted by atomic mass is 35.5. The van der Waals surface area contributed by atoms with Crippen molar-refractivity contribution in [3.8, 4) is 0 Å². The zero-order valence-corrected chi connectivity index (χ0v) is 15.6. The number of rotatable bonds is 3. The Kier molecular flexibility index (Phi) is 5.55. The molecule has 2 fully saturated rings. The SMILES string of the molecule is CC1CC(C(=O)O)CN(C(=O)NC2CCN(c3ccc(F)c(Cl)c3)C2=O)C1. The molecule has 0 bridgehead atoms. The second-order valence-corrected chi connectivity index (χ2v) is 7.57. The summed E-state index contributed by atoms with van der Waals surface area (Å²) in [4.78, 5) is 39.3. The lowest BCUT2D eigenvalue weighted by Gasteiger charge is -2.35. The fourth-order valence-corrected chi connectivity index (χ4v) is 3.83. The van der Waals surface area contributed by atoms with Crippen molar-refractivity contribution in [3.05, 3.63) is 29.0 Å². The van der Waals surface area contributed by atoms with E-state index < -0.39 is 29.8 Å². The molecule has 2 heterocycles. The van der Waals surface area contributed by atoms with Crippen molar-refractivity contribution in [2.45, 2.75) is 25.8 Å². The molecule has 2 aliphatic rings. The van der Waals surface area contributed by atoms with Crippen LogP contribution in [0.5, 0.6) is 0 Å². The number of hydrogen-bond acceptors (Lipinski definition) is 3. The molecular weight excluding hydrogens is 377 g/mol. The minimum atomic E-state index is -0.921. The molecule has 1 aromatic rings. The molecule has 2 saturated heterocycles. The summed E-state index contributed by atoms with van der Waals surface area (Å²) in [5.41, 5.74) is 0.473. The molecule has 2 aliphatic heterocycles. The molecule has 9 heteroatoms. The van der Waals surface area contributed by atoms with Crippen LogP contribution in [0, 0.1) is 17.7 Å². The summed E-state index contributed by atoms with van der Waals surface area (Å²) in [5.74, 6) is -2.31. The van der Waals surface area contributed by atoms with Gasteiger partial charge in [-0.3, -0.25) is 9.59 Å². The molecule has 0 aromatic heterocycles. The molecular formula is C18H21ClFN3O4. The van der Waals surface area contributed by atoms with Crippen LogP contribution in [0.4, 0.5) is 14.9 Å². The summed E-state index contributed by atoms with van der Waals surface area (Å²) in [5, 5.41) is 11.9. The number of carboxylic acid groups (broad SMARTS) is 1. The van der Waals surface area contributed by atoms with E-state index in [-0.39, 0.29) is 23.4 Å². The maximum Gasteiger partial charge on any atom is 0.318 e. The normalized spacial score (nSPS) is 25.6. The first-order valence-corrected chi connectivity index (χ1v) is 9.18. The van der Waals surface area contributed by atoms with Gasteiger partial charge < -0.3 is 20.2 Å². The van der Waals surface area contributed by atoms with Crippen LogP contribution in [0.25, 0.3) is 0 Å². The minimum absolute atomic E-state index is 0.0720. The molecule has 146 valence electrons. The Labute approximate surface area is 161 Å². The number of hydrogen-bond donors (Lipinski definition) is 2. The maximum atomic E-state index is 13.3. The van der Waals surface area contributed by atoms with Crippen molar-refractivity contribution < 1.29 is 23.9 Å². The molecule has 3 unspecified atom stereocenters. The quantitative estimate of drug-likeness (QED) is 0.819. The Balaban J connectivity index is 1.64. The topological polar surface area (TPSA) is 89.9 Å². The first-order valence-electron chi connectivity index (χ1n) is 8.81. The predicted octanol–water partition coefficient (Wildman–Crippen LogP) is 2.34. The van der Waals surface area contributed by atoms with Crippen LogP contribution in [0.2, 0.25) is 5.02 Å². The second-order valence-electron chi connectivity index (χ2n) is 7.16. The lowest BCUT2D eigenvalue weighted by atomic mass is 9.91. The van der Waals surface area contributed by atoms with Gasteiger partial charge in [0, 0.05) is 25.3 Å². The number of carboxylic acids is 1. The number of halogens is 2. The smallest absolute Gasteiger partial charge is 0.318 e. The number of benzene rings is 1. The third kappa shape index (κ3) is 4.16. The average Bonchev–Trinajstić information content (AvgIpc) is 2.97. The third-order valence-electron chi connectivity index (χ3n) is 5.01. The fraction of sp³-hybridized carbons (Fsp3) is 0.500. The van der Waals surface area contributed by atoms with Gasteiger partial charge in [0.1, 0.15) is 11.9 Å². The fourth-order valence-electron chi connectivity index (χ4n) is 3.66. The number of anilines is 1. The summed E-state index contributed by atoms with van der Waals surface area (Å²) in [6, 6.07) is 2.89. The van der Waals surface area contributed by atoms with E-state index in [9.17, 15) is 23.9 Å². The molecule has 3 rings (SSSR count). The van der Waals surface area contributed by atoms with Crippen molar-refractivity contribution in [2.24, 2.45) is 11.8 Å².